The number of nitrogens with zero attached hydrogens (tertiary/aromatic N) is 1. The molecule has 1 aromatic carbocycles. The molecule has 0 aliphatic heterocycles. The Kier molecular flexibility index (Phi) is 4.93. The summed E-state index contributed by atoms with van der Waals surface area (Å²) in [5, 5.41) is 4.73. The minimum Gasteiger partial charge on any atom is -0.396 e. The van der Waals surface area contributed by atoms with Crippen LogP contribution in [-0.4, -0.2) is 24.4 Å². The molecule has 0 fully saturated rings. The lowest BCUT2D eigenvalue weighted by atomic mass is 10.2. The number of rotatable bonds is 5. The number of carbonyl (C=O) groups excluding carboxylic acids is 1. The van der Waals surface area contributed by atoms with Crippen LogP contribution in [0.5, 0.6) is 0 Å². The first-order valence-corrected chi connectivity index (χ1v) is 7.44. The average molecular weight is 307 g/mol. The molecule has 2 rings (SSSR count). The Bertz CT molecular complexity index is 615. The van der Waals surface area contributed by atoms with Crippen LogP contribution in [0.1, 0.15) is 17.8 Å². The molecule has 0 aliphatic rings. The van der Waals surface area contributed by atoms with Crippen molar-refractivity contribution < 1.29 is 9.18 Å². The number of benzene rings is 1. The first kappa shape index (κ1) is 15.5. The van der Waals surface area contributed by atoms with E-state index in [-0.39, 0.29) is 24.2 Å². The fraction of sp³-hybridized carbons (Fsp3) is 0.267. The van der Waals surface area contributed by atoms with E-state index in [4.69, 9.17) is 5.73 Å². The van der Waals surface area contributed by atoms with Gasteiger partial charge in [-0.15, -0.1) is 11.3 Å². The predicted molar refractivity (Wildman–Crippen MR) is 84.8 cm³/mol. The largest absolute Gasteiger partial charge is 0.396 e. The highest BCUT2D eigenvalue weighted by Gasteiger charge is 2.15. The summed E-state index contributed by atoms with van der Waals surface area (Å²) in [4.78, 5) is 15.2. The van der Waals surface area contributed by atoms with Crippen molar-refractivity contribution in [2.45, 2.75) is 13.0 Å². The number of nitrogen functional groups attached to an aromatic ring is 1. The zero-order valence-electron chi connectivity index (χ0n) is 12.0. The van der Waals surface area contributed by atoms with Gasteiger partial charge in [-0.25, -0.2) is 4.39 Å². The first-order chi connectivity index (χ1) is 9.97. The fourth-order valence-electron chi connectivity index (χ4n) is 1.93. The van der Waals surface area contributed by atoms with Crippen molar-refractivity contribution in [2.75, 3.05) is 24.6 Å². The third-order valence-corrected chi connectivity index (χ3v) is 4.33. The van der Waals surface area contributed by atoms with Crippen LogP contribution < -0.4 is 11.1 Å². The molecule has 0 aliphatic carbocycles. The molecule has 112 valence electrons. The number of carbonyl (C=O) groups is 1. The molecule has 0 saturated carbocycles. The quantitative estimate of drug-likeness (QED) is 0.835. The zero-order valence-corrected chi connectivity index (χ0v) is 12.8. The van der Waals surface area contributed by atoms with Gasteiger partial charge in [0.1, 0.15) is 5.82 Å². The molecule has 0 radical (unpaired) electrons. The van der Waals surface area contributed by atoms with Crippen LogP contribution in [0.4, 0.5) is 15.8 Å². The molecule has 0 saturated heterocycles. The Morgan fingerprint density at radius 3 is 2.86 bits per heavy atom. The third kappa shape index (κ3) is 4.03. The maximum Gasteiger partial charge on any atom is 0.238 e. The van der Waals surface area contributed by atoms with E-state index in [1.165, 1.54) is 23.1 Å². The Morgan fingerprint density at radius 2 is 2.24 bits per heavy atom. The number of nitrogens with two attached hydrogens (primary N) is 1. The normalized spacial score (nSPS) is 12.4. The van der Waals surface area contributed by atoms with Crippen LogP contribution in [0.25, 0.3) is 0 Å². The first-order valence-electron chi connectivity index (χ1n) is 6.56. The molecule has 3 N–H and O–H groups in total. The maximum absolute atomic E-state index is 13.1. The van der Waals surface area contributed by atoms with E-state index in [0.717, 1.165) is 0 Å². The average Bonchev–Trinajstić information content (AvgIpc) is 2.96. The molecule has 1 unspecified atom stereocenters. The molecular formula is C15H18FN3OS. The standard InChI is InChI=1S/C15H18FN3OS/c1-10(14-4-3-7-21-14)19(2)9-15(20)18-11-5-6-12(16)13(17)8-11/h3-8,10H,9,17H2,1-2H3,(H,18,20). The lowest BCUT2D eigenvalue weighted by molar-refractivity contribution is -0.117. The van der Waals surface area contributed by atoms with Gasteiger partial charge in [0.2, 0.25) is 5.91 Å². The van der Waals surface area contributed by atoms with Crippen molar-refractivity contribution in [3.63, 3.8) is 0 Å². The van der Waals surface area contributed by atoms with Gasteiger partial charge in [0, 0.05) is 16.6 Å². The summed E-state index contributed by atoms with van der Waals surface area (Å²) in [7, 11) is 1.89. The second-order valence-corrected chi connectivity index (χ2v) is 5.87. The number of hydrogen-bond donors (Lipinski definition) is 2. The molecule has 21 heavy (non-hydrogen) atoms. The summed E-state index contributed by atoms with van der Waals surface area (Å²) in [5.41, 5.74) is 5.99. The van der Waals surface area contributed by atoms with E-state index in [0.29, 0.717) is 5.69 Å². The Morgan fingerprint density at radius 1 is 1.48 bits per heavy atom. The summed E-state index contributed by atoms with van der Waals surface area (Å²) < 4.78 is 13.1. The van der Waals surface area contributed by atoms with Gasteiger partial charge >= 0.3 is 0 Å². The summed E-state index contributed by atoms with van der Waals surface area (Å²) in [6.07, 6.45) is 0. The second kappa shape index (κ2) is 6.69. The van der Waals surface area contributed by atoms with Gasteiger partial charge in [0.15, 0.2) is 0 Å². The van der Waals surface area contributed by atoms with Crippen LogP contribution >= 0.6 is 11.3 Å². The number of anilines is 2. The van der Waals surface area contributed by atoms with E-state index in [2.05, 4.69) is 12.2 Å². The van der Waals surface area contributed by atoms with Gasteiger partial charge in [-0.05, 0) is 43.6 Å². The highest BCUT2D eigenvalue weighted by molar-refractivity contribution is 7.10. The highest BCUT2D eigenvalue weighted by Crippen LogP contribution is 2.23. The number of likely N-dealkylation sites (N-methyl/N-ethyl adjacent to an activating group) is 1. The number of halogens is 1. The summed E-state index contributed by atoms with van der Waals surface area (Å²) in [6, 6.07) is 8.34. The Labute approximate surface area is 127 Å². The zero-order chi connectivity index (χ0) is 15.4. The van der Waals surface area contributed by atoms with Gasteiger partial charge in [-0.2, -0.15) is 0 Å². The van der Waals surface area contributed by atoms with Crippen LogP contribution in [0.15, 0.2) is 35.7 Å². The summed E-state index contributed by atoms with van der Waals surface area (Å²) in [6.45, 7) is 2.30. The molecule has 4 nitrogen and oxygen atoms in total. The van der Waals surface area contributed by atoms with E-state index >= 15 is 0 Å². The molecule has 1 aromatic heterocycles. The molecule has 0 bridgehead atoms. The van der Waals surface area contributed by atoms with Crippen LogP contribution in [0.3, 0.4) is 0 Å². The molecule has 0 spiro atoms. The lowest BCUT2D eigenvalue weighted by Gasteiger charge is -2.23. The number of thiophene rings is 1. The van der Waals surface area contributed by atoms with Crippen molar-refractivity contribution in [1.29, 1.82) is 0 Å². The predicted octanol–water partition coefficient (Wildman–Crippen LogP) is 3.10. The maximum atomic E-state index is 13.1. The van der Waals surface area contributed by atoms with Crippen LogP contribution in [0.2, 0.25) is 0 Å². The topological polar surface area (TPSA) is 58.4 Å². The molecule has 2 aromatic rings. The van der Waals surface area contributed by atoms with Gasteiger partial charge in [0.25, 0.3) is 0 Å². The Balaban J connectivity index is 1.93. The number of hydrogen-bond acceptors (Lipinski definition) is 4. The molecule has 1 atom stereocenters. The third-order valence-electron chi connectivity index (χ3n) is 3.29. The van der Waals surface area contributed by atoms with Crippen molar-refractivity contribution in [1.82, 2.24) is 4.90 Å². The lowest BCUT2D eigenvalue weighted by Crippen LogP contribution is -2.31. The smallest absolute Gasteiger partial charge is 0.238 e. The second-order valence-electron chi connectivity index (χ2n) is 4.89. The van der Waals surface area contributed by atoms with Gasteiger partial charge < -0.3 is 11.1 Å². The van der Waals surface area contributed by atoms with Gasteiger partial charge in [0.05, 0.1) is 12.2 Å². The number of amides is 1. The minimum absolute atomic E-state index is 0.0214. The van der Waals surface area contributed by atoms with E-state index < -0.39 is 5.82 Å². The molecule has 1 heterocycles. The minimum atomic E-state index is -0.489. The van der Waals surface area contributed by atoms with Crippen molar-refractivity contribution >= 4 is 28.6 Å². The Hall–Kier alpha value is -1.92. The van der Waals surface area contributed by atoms with E-state index in [9.17, 15) is 9.18 Å². The highest BCUT2D eigenvalue weighted by atomic mass is 32.1. The van der Waals surface area contributed by atoms with E-state index in [1.54, 1.807) is 11.3 Å². The fourth-order valence-corrected chi connectivity index (χ4v) is 2.78. The van der Waals surface area contributed by atoms with Gasteiger partial charge in [-0.3, -0.25) is 9.69 Å². The van der Waals surface area contributed by atoms with Crippen LogP contribution in [0, 0.1) is 5.82 Å². The van der Waals surface area contributed by atoms with Crippen molar-refractivity contribution in [3.05, 3.63) is 46.4 Å². The van der Waals surface area contributed by atoms with E-state index in [1.807, 2.05) is 29.5 Å². The monoisotopic (exact) mass is 307 g/mol. The summed E-state index contributed by atoms with van der Waals surface area (Å²) in [5.74, 6) is -0.650. The summed E-state index contributed by atoms with van der Waals surface area (Å²) >= 11 is 1.66. The van der Waals surface area contributed by atoms with Crippen molar-refractivity contribution in [2.24, 2.45) is 0 Å². The SMILES string of the molecule is CC(c1cccs1)N(C)CC(=O)Nc1ccc(F)c(N)c1. The van der Waals surface area contributed by atoms with Gasteiger partial charge in [-0.1, -0.05) is 6.07 Å². The van der Waals surface area contributed by atoms with Crippen molar-refractivity contribution in [3.8, 4) is 0 Å². The molecule has 1 amide bonds. The molecule has 6 heteroatoms. The molecular weight excluding hydrogens is 289 g/mol. The van der Waals surface area contributed by atoms with Crippen LogP contribution in [-0.2, 0) is 4.79 Å². The number of nitrogens with one attached hydrogen (secondary N) is 1.